The van der Waals surface area contributed by atoms with Crippen LogP contribution in [0.4, 0.5) is 10.5 Å². The van der Waals surface area contributed by atoms with Crippen molar-refractivity contribution >= 4 is 33.3 Å². The second-order valence-corrected chi connectivity index (χ2v) is 8.35. The van der Waals surface area contributed by atoms with Crippen molar-refractivity contribution in [2.75, 3.05) is 11.9 Å². The van der Waals surface area contributed by atoms with Crippen LogP contribution in [-0.2, 0) is 4.74 Å². The normalized spacial score (nSPS) is 20.3. The molecule has 1 atom stereocenters. The minimum Gasteiger partial charge on any atom is -0.375 e. The Balaban J connectivity index is 1.64. The van der Waals surface area contributed by atoms with Gasteiger partial charge in [0, 0.05) is 24.3 Å². The molecule has 0 radical (unpaired) electrons. The van der Waals surface area contributed by atoms with E-state index in [1.165, 1.54) is 0 Å². The molecule has 2 N–H and O–H groups in total. The third-order valence-electron chi connectivity index (χ3n) is 4.19. The van der Waals surface area contributed by atoms with Crippen LogP contribution in [0.15, 0.2) is 18.2 Å². The van der Waals surface area contributed by atoms with Crippen molar-refractivity contribution in [3.63, 3.8) is 0 Å². The number of carbonyl (C=O) groups excluding carboxylic acids is 1. The van der Waals surface area contributed by atoms with Gasteiger partial charge in [0.1, 0.15) is 0 Å². The van der Waals surface area contributed by atoms with E-state index in [9.17, 15) is 4.79 Å². The Labute approximate surface area is 146 Å². The summed E-state index contributed by atoms with van der Waals surface area (Å²) in [4.78, 5) is 16.9. The Morgan fingerprint density at radius 1 is 1.42 bits per heavy atom. The van der Waals surface area contributed by atoms with Crippen LogP contribution in [-0.4, -0.2) is 29.3 Å². The lowest BCUT2D eigenvalue weighted by Gasteiger charge is -2.35. The number of rotatable bonds is 3. The van der Waals surface area contributed by atoms with Gasteiger partial charge in [-0.25, -0.2) is 9.78 Å². The van der Waals surface area contributed by atoms with Gasteiger partial charge in [0.15, 0.2) is 0 Å². The predicted molar refractivity (Wildman–Crippen MR) is 98.9 cm³/mol. The molecule has 2 aromatic rings. The second-order valence-electron chi connectivity index (χ2n) is 7.29. The summed E-state index contributed by atoms with van der Waals surface area (Å²) in [7, 11) is 0. The summed E-state index contributed by atoms with van der Waals surface area (Å²) in [6, 6.07) is 5.84. The molecule has 0 aliphatic carbocycles. The summed E-state index contributed by atoms with van der Waals surface area (Å²) in [5, 5.41) is 7.11. The summed E-state index contributed by atoms with van der Waals surface area (Å²) in [6.07, 6.45) is 1.68. The summed E-state index contributed by atoms with van der Waals surface area (Å²) >= 11 is 1.68. The molecule has 1 aliphatic heterocycles. The molecule has 130 valence electrons. The number of ether oxygens (including phenoxy) is 1. The van der Waals surface area contributed by atoms with Crippen molar-refractivity contribution in [1.82, 2.24) is 10.3 Å². The molecule has 2 amide bonds. The smallest absolute Gasteiger partial charge is 0.319 e. The molecule has 0 saturated carbocycles. The second kappa shape index (κ2) is 6.69. The zero-order valence-corrected chi connectivity index (χ0v) is 15.5. The Morgan fingerprint density at radius 2 is 2.21 bits per heavy atom. The first-order valence-corrected chi connectivity index (χ1v) is 9.26. The predicted octanol–water partition coefficient (Wildman–Crippen LogP) is 4.50. The van der Waals surface area contributed by atoms with E-state index in [4.69, 9.17) is 4.74 Å². The van der Waals surface area contributed by atoms with Crippen LogP contribution in [0.5, 0.6) is 0 Å². The zero-order valence-electron chi connectivity index (χ0n) is 14.7. The Kier molecular flexibility index (Phi) is 4.78. The Bertz CT molecular complexity index is 739. The lowest BCUT2D eigenvalue weighted by Crippen LogP contribution is -2.47. The molecule has 1 aliphatic rings. The number of thiazole rings is 1. The highest BCUT2D eigenvalue weighted by Crippen LogP contribution is 2.29. The molecule has 1 fully saturated rings. The molecule has 6 heteroatoms. The van der Waals surface area contributed by atoms with Crippen molar-refractivity contribution in [2.45, 2.75) is 58.1 Å². The fourth-order valence-corrected chi connectivity index (χ4v) is 3.98. The largest absolute Gasteiger partial charge is 0.375 e. The number of anilines is 1. The molecule has 0 spiro atoms. The van der Waals surface area contributed by atoms with E-state index >= 15 is 0 Å². The van der Waals surface area contributed by atoms with Crippen LogP contribution in [0.2, 0.25) is 0 Å². The first-order chi connectivity index (χ1) is 11.3. The molecule has 3 rings (SSSR count). The van der Waals surface area contributed by atoms with Crippen molar-refractivity contribution in [3.05, 3.63) is 23.2 Å². The van der Waals surface area contributed by atoms with E-state index in [0.29, 0.717) is 12.5 Å². The quantitative estimate of drug-likeness (QED) is 0.859. The number of nitrogens with zero attached hydrogens (tertiary/aromatic N) is 1. The van der Waals surface area contributed by atoms with Crippen LogP contribution in [0, 0.1) is 0 Å². The minimum absolute atomic E-state index is 0.147. The molecule has 5 nitrogen and oxygen atoms in total. The van der Waals surface area contributed by atoms with Gasteiger partial charge in [-0.1, -0.05) is 13.8 Å². The fraction of sp³-hybridized carbons (Fsp3) is 0.556. The van der Waals surface area contributed by atoms with Gasteiger partial charge in [-0.15, -0.1) is 11.3 Å². The van der Waals surface area contributed by atoms with E-state index in [1.807, 2.05) is 18.2 Å². The van der Waals surface area contributed by atoms with Crippen LogP contribution in [0.25, 0.3) is 10.2 Å². The Morgan fingerprint density at radius 3 is 2.92 bits per heavy atom. The van der Waals surface area contributed by atoms with E-state index in [2.05, 4.69) is 43.3 Å². The lowest BCUT2D eigenvalue weighted by molar-refractivity contribution is -0.0609. The molecule has 1 unspecified atom stereocenters. The van der Waals surface area contributed by atoms with E-state index in [0.717, 1.165) is 33.8 Å². The molecule has 1 saturated heterocycles. The first kappa shape index (κ1) is 17.2. The number of hydrogen-bond acceptors (Lipinski definition) is 4. The topological polar surface area (TPSA) is 63.2 Å². The van der Waals surface area contributed by atoms with Gasteiger partial charge in [-0.3, -0.25) is 0 Å². The maximum atomic E-state index is 12.3. The number of fused-ring (bicyclic) bond motifs is 1. The van der Waals surface area contributed by atoms with Gasteiger partial charge in [-0.05, 0) is 44.9 Å². The molecule has 1 aromatic carbocycles. The summed E-state index contributed by atoms with van der Waals surface area (Å²) in [5.74, 6) is 0.416. The summed E-state index contributed by atoms with van der Waals surface area (Å²) in [6.45, 7) is 9.08. The van der Waals surface area contributed by atoms with Gasteiger partial charge in [0.05, 0.1) is 20.8 Å². The zero-order chi connectivity index (χ0) is 17.3. The highest BCUT2D eigenvalue weighted by molar-refractivity contribution is 7.18. The maximum absolute atomic E-state index is 12.3. The molecule has 2 heterocycles. The van der Waals surface area contributed by atoms with E-state index in [-0.39, 0.29) is 17.7 Å². The van der Waals surface area contributed by atoms with Crippen molar-refractivity contribution in [2.24, 2.45) is 0 Å². The SMILES string of the molecule is CC(C)c1nc2ccc(NC(=O)NC3CCOC(C)(C)C3)cc2s1. The highest BCUT2D eigenvalue weighted by Gasteiger charge is 2.29. The number of amides is 2. The number of benzene rings is 1. The van der Waals surface area contributed by atoms with Crippen LogP contribution >= 0.6 is 11.3 Å². The average molecular weight is 347 g/mol. The van der Waals surface area contributed by atoms with Gasteiger partial charge >= 0.3 is 6.03 Å². The number of aromatic nitrogens is 1. The highest BCUT2D eigenvalue weighted by atomic mass is 32.1. The van der Waals surface area contributed by atoms with Gasteiger partial charge < -0.3 is 15.4 Å². The maximum Gasteiger partial charge on any atom is 0.319 e. The molecular formula is C18H25N3O2S. The first-order valence-electron chi connectivity index (χ1n) is 8.44. The molecule has 24 heavy (non-hydrogen) atoms. The van der Waals surface area contributed by atoms with Crippen LogP contribution in [0.1, 0.15) is 51.5 Å². The average Bonchev–Trinajstić information content (AvgIpc) is 2.89. The number of nitrogens with one attached hydrogen (secondary N) is 2. The van der Waals surface area contributed by atoms with E-state index in [1.54, 1.807) is 11.3 Å². The third-order valence-corrected chi connectivity index (χ3v) is 5.51. The number of hydrogen-bond donors (Lipinski definition) is 2. The molecular weight excluding hydrogens is 322 g/mol. The van der Waals surface area contributed by atoms with Gasteiger partial charge in [-0.2, -0.15) is 0 Å². The van der Waals surface area contributed by atoms with Gasteiger partial charge in [0.2, 0.25) is 0 Å². The summed E-state index contributed by atoms with van der Waals surface area (Å²) in [5.41, 5.74) is 1.61. The minimum atomic E-state index is -0.176. The summed E-state index contributed by atoms with van der Waals surface area (Å²) < 4.78 is 6.79. The van der Waals surface area contributed by atoms with Crippen LogP contribution in [0.3, 0.4) is 0 Å². The van der Waals surface area contributed by atoms with Crippen molar-refractivity contribution in [1.29, 1.82) is 0 Å². The van der Waals surface area contributed by atoms with Crippen LogP contribution < -0.4 is 10.6 Å². The standard InChI is InChI=1S/C18H25N3O2S/c1-11(2)16-21-14-6-5-12(9-15(14)24-16)19-17(22)20-13-7-8-23-18(3,4)10-13/h5-6,9,11,13H,7-8,10H2,1-4H3,(H2,19,20,22). The lowest BCUT2D eigenvalue weighted by atomic mass is 9.94. The Hall–Kier alpha value is -1.66. The monoisotopic (exact) mass is 347 g/mol. The van der Waals surface area contributed by atoms with Gasteiger partial charge in [0.25, 0.3) is 0 Å². The number of carbonyl (C=O) groups is 1. The van der Waals surface area contributed by atoms with Crippen molar-refractivity contribution in [3.8, 4) is 0 Å². The fourth-order valence-electron chi connectivity index (χ4n) is 2.97. The number of urea groups is 1. The third kappa shape index (κ3) is 4.05. The van der Waals surface area contributed by atoms with Crippen molar-refractivity contribution < 1.29 is 9.53 Å². The molecule has 0 bridgehead atoms. The molecule has 1 aromatic heterocycles. The van der Waals surface area contributed by atoms with E-state index < -0.39 is 0 Å².